The van der Waals surface area contributed by atoms with Crippen LogP contribution in [0.3, 0.4) is 0 Å². The van der Waals surface area contributed by atoms with Crippen molar-refractivity contribution < 1.29 is 19.1 Å². The molecule has 2 aromatic rings. The number of amides is 2. The van der Waals surface area contributed by atoms with Gasteiger partial charge in [0.15, 0.2) is 11.5 Å². The number of benzene rings is 2. The van der Waals surface area contributed by atoms with Crippen LogP contribution in [-0.4, -0.2) is 62.8 Å². The number of anilines is 1. The quantitative estimate of drug-likeness (QED) is 0.659. The van der Waals surface area contributed by atoms with E-state index >= 15 is 0 Å². The lowest BCUT2D eigenvalue weighted by Crippen LogP contribution is -2.49. The third-order valence-electron chi connectivity index (χ3n) is 5.37. The summed E-state index contributed by atoms with van der Waals surface area (Å²) in [7, 11) is 0. The first kappa shape index (κ1) is 21.3. The topological polar surface area (TPSA) is 83.1 Å². The van der Waals surface area contributed by atoms with Crippen LogP contribution in [0.25, 0.3) is 0 Å². The minimum Gasteiger partial charge on any atom is -0.454 e. The molecule has 164 valence electrons. The molecule has 9 heteroatoms. The highest BCUT2D eigenvalue weighted by molar-refractivity contribution is 6.35. The van der Waals surface area contributed by atoms with Crippen LogP contribution in [0.15, 0.2) is 42.5 Å². The Hall–Kier alpha value is -2.97. The molecule has 2 aliphatic rings. The molecule has 0 saturated carbocycles. The Balaban J connectivity index is 1.13. The molecular formula is C22H25ClN4O4. The third-order valence-corrected chi connectivity index (χ3v) is 5.63. The molecule has 0 atom stereocenters. The van der Waals surface area contributed by atoms with Crippen LogP contribution < -0.4 is 25.0 Å². The number of rotatable bonds is 6. The summed E-state index contributed by atoms with van der Waals surface area (Å²) in [6, 6.07) is 13.3. The molecule has 2 aliphatic heterocycles. The van der Waals surface area contributed by atoms with Crippen molar-refractivity contribution in [2.75, 3.05) is 51.0 Å². The molecule has 31 heavy (non-hydrogen) atoms. The number of halogens is 1. The highest BCUT2D eigenvalue weighted by Crippen LogP contribution is 2.32. The van der Waals surface area contributed by atoms with E-state index in [4.69, 9.17) is 21.1 Å². The lowest BCUT2D eigenvalue weighted by atomic mass is 10.2. The number of piperazine rings is 1. The van der Waals surface area contributed by atoms with Gasteiger partial charge in [-0.2, -0.15) is 0 Å². The predicted molar refractivity (Wildman–Crippen MR) is 118 cm³/mol. The number of nitrogens with zero attached hydrogens (tertiary/aromatic N) is 2. The standard InChI is InChI=1S/C22H25ClN4O4/c23-17-2-4-18(5-3-17)27-11-9-26(10-12-27)8-7-24-21(28)22(29)25-14-16-1-6-19-20(13-16)31-15-30-19/h1-6,13H,7-12,14-15H2,(H,24,28)(H,25,29). The second kappa shape index (κ2) is 9.89. The molecule has 2 N–H and O–H groups in total. The molecule has 2 aromatic carbocycles. The number of carbonyl (C=O) groups is 2. The van der Waals surface area contributed by atoms with Gasteiger partial charge in [-0.1, -0.05) is 17.7 Å². The predicted octanol–water partition coefficient (Wildman–Crippen LogP) is 1.62. The third kappa shape index (κ3) is 5.59. The van der Waals surface area contributed by atoms with Crippen molar-refractivity contribution in [3.63, 3.8) is 0 Å². The normalized spacial score (nSPS) is 15.6. The van der Waals surface area contributed by atoms with Crippen LogP contribution in [0.1, 0.15) is 5.56 Å². The smallest absolute Gasteiger partial charge is 0.309 e. The number of hydrogen-bond acceptors (Lipinski definition) is 6. The first-order valence-electron chi connectivity index (χ1n) is 10.3. The van der Waals surface area contributed by atoms with E-state index in [2.05, 4.69) is 20.4 Å². The minimum atomic E-state index is -0.648. The molecule has 4 rings (SSSR count). The molecule has 0 radical (unpaired) electrons. The van der Waals surface area contributed by atoms with E-state index in [1.54, 1.807) is 12.1 Å². The summed E-state index contributed by atoms with van der Waals surface area (Å²) in [6.45, 7) is 5.19. The lowest BCUT2D eigenvalue weighted by Gasteiger charge is -2.36. The van der Waals surface area contributed by atoms with Crippen molar-refractivity contribution in [2.45, 2.75) is 6.54 Å². The summed E-state index contributed by atoms with van der Waals surface area (Å²) in [5.41, 5.74) is 2.00. The summed E-state index contributed by atoms with van der Waals surface area (Å²) in [6.07, 6.45) is 0. The van der Waals surface area contributed by atoms with Crippen molar-refractivity contribution >= 4 is 29.1 Å². The maximum atomic E-state index is 12.1. The lowest BCUT2D eigenvalue weighted by molar-refractivity contribution is -0.139. The average molecular weight is 445 g/mol. The Bertz CT molecular complexity index is 930. The Morgan fingerprint density at radius 3 is 2.39 bits per heavy atom. The van der Waals surface area contributed by atoms with Gasteiger partial charge >= 0.3 is 11.8 Å². The molecule has 2 amide bonds. The van der Waals surface area contributed by atoms with Crippen LogP contribution in [0.4, 0.5) is 5.69 Å². The highest BCUT2D eigenvalue weighted by atomic mass is 35.5. The van der Waals surface area contributed by atoms with E-state index in [1.807, 2.05) is 30.3 Å². The zero-order chi connectivity index (χ0) is 21.6. The molecule has 2 heterocycles. The number of carbonyl (C=O) groups excluding carboxylic acids is 2. The van der Waals surface area contributed by atoms with Crippen LogP contribution in [0.2, 0.25) is 5.02 Å². The Kier molecular flexibility index (Phi) is 6.79. The van der Waals surface area contributed by atoms with Gasteiger partial charge in [-0.25, -0.2) is 0 Å². The van der Waals surface area contributed by atoms with Crippen LogP contribution in [-0.2, 0) is 16.1 Å². The molecular weight excluding hydrogens is 420 g/mol. The molecule has 0 spiro atoms. The largest absolute Gasteiger partial charge is 0.454 e. The fraction of sp³-hybridized carbons (Fsp3) is 0.364. The van der Waals surface area contributed by atoms with Crippen LogP contribution >= 0.6 is 11.6 Å². The molecule has 0 aliphatic carbocycles. The van der Waals surface area contributed by atoms with Crippen molar-refractivity contribution in [1.29, 1.82) is 0 Å². The van der Waals surface area contributed by atoms with Crippen LogP contribution in [0.5, 0.6) is 11.5 Å². The average Bonchev–Trinajstić information content (AvgIpc) is 3.26. The summed E-state index contributed by atoms with van der Waals surface area (Å²) in [4.78, 5) is 28.7. The van der Waals surface area contributed by atoms with E-state index in [-0.39, 0.29) is 13.3 Å². The van der Waals surface area contributed by atoms with Gasteiger partial charge in [0.05, 0.1) is 0 Å². The number of hydrogen-bond donors (Lipinski definition) is 2. The summed E-state index contributed by atoms with van der Waals surface area (Å²) in [5.74, 6) is 0.0555. The van der Waals surface area contributed by atoms with E-state index in [0.29, 0.717) is 24.6 Å². The summed E-state index contributed by atoms with van der Waals surface area (Å²) >= 11 is 5.95. The fourth-order valence-corrected chi connectivity index (χ4v) is 3.73. The van der Waals surface area contributed by atoms with Crippen molar-refractivity contribution in [3.05, 3.63) is 53.1 Å². The van der Waals surface area contributed by atoms with Gasteiger partial charge in [0.1, 0.15) is 0 Å². The SMILES string of the molecule is O=C(NCCN1CCN(c2ccc(Cl)cc2)CC1)C(=O)NCc1ccc2c(c1)OCO2. The Morgan fingerprint density at radius 1 is 0.903 bits per heavy atom. The summed E-state index contributed by atoms with van der Waals surface area (Å²) < 4.78 is 10.6. The van der Waals surface area contributed by atoms with Gasteiger partial charge in [0, 0.05) is 56.5 Å². The highest BCUT2D eigenvalue weighted by Gasteiger charge is 2.19. The molecule has 0 aromatic heterocycles. The molecule has 0 bridgehead atoms. The zero-order valence-electron chi connectivity index (χ0n) is 17.1. The number of nitrogens with one attached hydrogen (secondary N) is 2. The van der Waals surface area contributed by atoms with Crippen molar-refractivity contribution in [2.24, 2.45) is 0 Å². The first-order chi connectivity index (χ1) is 15.1. The van der Waals surface area contributed by atoms with Crippen LogP contribution in [0, 0.1) is 0 Å². The maximum absolute atomic E-state index is 12.1. The fourth-order valence-electron chi connectivity index (χ4n) is 3.60. The van der Waals surface area contributed by atoms with Gasteiger partial charge in [-0.15, -0.1) is 0 Å². The monoisotopic (exact) mass is 444 g/mol. The first-order valence-corrected chi connectivity index (χ1v) is 10.6. The number of fused-ring (bicyclic) bond motifs is 1. The van der Waals surface area contributed by atoms with Gasteiger partial charge in [0.2, 0.25) is 6.79 Å². The Morgan fingerprint density at radius 2 is 1.61 bits per heavy atom. The van der Waals surface area contributed by atoms with Crippen molar-refractivity contribution in [3.8, 4) is 11.5 Å². The molecule has 1 fully saturated rings. The van der Waals surface area contributed by atoms with E-state index in [0.717, 1.165) is 42.5 Å². The molecule has 1 saturated heterocycles. The maximum Gasteiger partial charge on any atom is 0.309 e. The van der Waals surface area contributed by atoms with Gasteiger partial charge in [-0.05, 0) is 42.0 Å². The zero-order valence-corrected chi connectivity index (χ0v) is 17.9. The van der Waals surface area contributed by atoms with E-state index in [9.17, 15) is 9.59 Å². The van der Waals surface area contributed by atoms with Gasteiger partial charge < -0.3 is 25.0 Å². The number of ether oxygens (including phenoxy) is 2. The summed E-state index contributed by atoms with van der Waals surface area (Å²) in [5, 5.41) is 6.05. The van der Waals surface area contributed by atoms with E-state index < -0.39 is 11.8 Å². The second-order valence-corrected chi connectivity index (χ2v) is 7.87. The second-order valence-electron chi connectivity index (χ2n) is 7.43. The van der Waals surface area contributed by atoms with Crippen molar-refractivity contribution in [1.82, 2.24) is 15.5 Å². The molecule has 8 nitrogen and oxygen atoms in total. The van der Waals surface area contributed by atoms with Gasteiger partial charge in [-0.3, -0.25) is 14.5 Å². The molecule has 0 unspecified atom stereocenters. The minimum absolute atomic E-state index is 0.198. The van der Waals surface area contributed by atoms with E-state index in [1.165, 1.54) is 0 Å². The Labute approximate surface area is 186 Å². The van der Waals surface area contributed by atoms with Gasteiger partial charge in [0.25, 0.3) is 0 Å².